The van der Waals surface area contributed by atoms with E-state index in [1.165, 1.54) is 14.2 Å². The highest BCUT2D eigenvalue weighted by atomic mass is 16.7. The predicted molar refractivity (Wildman–Crippen MR) is 81.6 cm³/mol. The summed E-state index contributed by atoms with van der Waals surface area (Å²) in [5, 5.41) is 0. The molecule has 6 nitrogen and oxygen atoms in total. The summed E-state index contributed by atoms with van der Waals surface area (Å²) < 4.78 is 21.1. The third-order valence-corrected chi connectivity index (χ3v) is 3.88. The molecule has 0 aromatic heterocycles. The van der Waals surface area contributed by atoms with Gasteiger partial charge in [0.05, 0.1) is 26.9 Å². The average Bonchev–Trinajstić information content (AvgIpc) is 2.91. The number of carbonyl (C=O) groups is 2. The van der Waals surface area contributed by atoms with E-state index in [2.05, 4.69) is 0 Å². The number of esters is 2. The van der Waals surface area contributed by atoms with Gasteiger partial charge in [-0.25, -0.2) is 0 Å². The number of rotatable bonds is 5. The van der Waals surface area contributed by atoms with Crippen LogP contribution in [0.3, 0.4) is 0 Å². The number of methoxy groups -OCH3 is 2. The van der Waals surface area contributed by atoms with Crippen molar-refractivity contribution < 1.29 is 28.5 Å². The van der Waals surface area contributed by atoms with Gasteiger partial charge in [-0.15, -0.1) is 0 Å². The lowest BCUT2D eigenvalue weighted by molar-refractivity contribution is -0.166. The maximum Gasteiger partial charge on any atom is 0.320 e. The second-order valence-corrected chi connectivity index (χ2v) is 5.83. The van der Waals surface area contributed by atoms with Crippen molar-refractivity contribution in [2.24, 2.45) is 5.92 Å². The molecule has 1 aromatic rings. The third kappa shape index (κ3) is 3.89. The smallest absolute Gasteiger partial charge is 0.320 e. The Hall–Kier alpha value is -1.92. The molecule has 6 heteroatoms. The first-order valence-corrected chi connectivity index (χ1v) is 7.42. The van der Waals surface area contributed by atoms with Gasteiger partial charge in [0.15, 0.2) is 11.7 Å². The van der Waals surface area contributed by atoms with E-state index in [9.17, 15) is 9.59 Å². The Bertz CT molecular complexity index is 537. The van der Waals surface area contributed by atoms with Crippen LogP contribution in [0.2, 0.25) is 0 Å². The van der Waals surface area contributed by atoms with Gasteiger partial charge in [0.2, 0.25) is 0 Å². The van der Waals surface area contributed by atoms with E-state index in [-0.39, 0.29) is 6.61 Å². The van der Waals surface area contributed by atoms with Gasteiger partial charge in [-0.1, -0.05) is 30.3 Å². The molecule has 0 bridgehead atoms. The molecule has 1 aromatic carbocycles. The first-order valence-electron chi connectivity index (χ1n) is 7.42. The number of carbonyl (C=O) groups excluding carboxylic acids is 2. The monoisotopic (exact) mass is 322 g/mol. The summed E-state index contributed by atoms with van der Waals surface area (Å²) in [6.07, 6.45) is -0.462. The van der Waals surface area contributed by atoms with Crippen LogP contribution in [0, 0.1) is 5.92 Å². The van der Waals surface area contributed by atoms with Crippen molar-refractivity contribution in [3.8, 4) is 0 Å². The highest BCUT2D eigenvalue weighted by Crippen LogP contribution is 2.37. The van der Waals surface area contributed by atoms with Crippen LogP contribution in [-0.4, -0.2) is 44.7 Å². The number of benzene rings is 1. The van der Waals surface area contributed by atoms with Crippen LogP contribution in [0.5, 0.6) is 0 Å². The summed E-state index contributed by atoms with van der Waals surface area (Å²) in [7, 11) is 2.49. The molecular formula is C17H22O6. The fourth-order valence-electron chi connectivity index (χ4n) is 2.83. The maximum atomic E-state index is 12.2. The zero-order valence-electron chi connectivity index (χ0n) is 13.8. The highest BCUT2D eigenvalue weighted by Gasteiger charge is 2.47. The average molecular weight is 322 g/mol. The van der Waals surface area contributed by atoms with Crippen molar-refractivity contribution in [3.05, 3.63) is 35.9 Å². The molecule has 1 aliphatic rings. The van der Waals surface area contributed by atoms with Gasteiger partial charge in [-0.05, 0) is 19.4 Å². The zero-order valence-corrected chi connectivity index (χ0v) is 13.8. The minimum absolute atomic E-state index is 0.275. The Morgan fingerprint density at radius 1 is 1.13 bits per heavy atom. The summed E-state index contributed by atoms with van der Waals surface area (Å²) in [5.41, 5.74) is 0.791. The number of hydrogen-bond donors (Lipinski definition) is 0. The van der Waals surface area contributed by atoms with Crippen molar-refractivity contribution in [2.75, 3.05) is 20.8 Å². The fourth-order valence-corrected chi connectivity index (χ4v) is 2.83. The molecule has 0 radical (unpaired) electrons. The fraction of sp³-hybridized carbons (Fsp3) is 0.529. The lowest BCUT2D eigenvalue weighted by Gasteiger charge is -2.28. The van der Waals surface area contributed by atoms with Gasteiger partial charge in [-0.2, -0.15) is 0 Å². The van der Waals surface area contributed by atoms with Crippen LogP contribution in [0.1, 0.15) is 25.3 Å². The van der Waals surface area contributed by atoms with Crippen LogP contribution in [0.15, 0.2) is 30.3 Å². The van der Waals surface area contributed by atoms with Crippen molar-refractivity contribution in [1.82, 2.24) is 0 Å². The van der Waals surface area contributed by atoms with E-state index in [4.69, 9.17) is 18.9 Å². The summed E-state index contributed by atoms with van der Waals surface area (Å²) in [4.78, 5) is 24.5. The van der Waals surface area contributed by atoms with E-state index >= 15 is 0 Å². The van der Waals surface area contributed by atoms with Gasteiger partial charge in [0.1, 0.15) is 0 Å². The third-order valence-electron chi connectivity index (χ3n) is 3.88. The van der Waals surface area contributed by atoms with Crippen LogP contribution in [0.25, 0.3) is 0 Å². The number of ether oxygens (including phenoxy) is 4. The molecule has 1 saturated heterocycles. The van der Waals surface area contributed by atoms with E-state index < -0.39 is 35.7 Å². The normalized spacial score (nSPS) is 21.0. The molecule has 0 aliphatic carbocycles. The van der Waals surface area contributed by atoms with Gasteiger partial charge in [0, 0.05) is 5.92 Å². The molecule has 2 rings (SSSR count). The first-order chi connectivity index (χ1) is 10.9. The molecule has 0 N–H and O–H groups in total. The minimum Gasteiger partial charge on any atom is -0.468 e. The number of hydrogen-bond acceptors (Lipinski definition) is 6. The molecule has 2 unspecified atom stereocenters. The first kappa shape index (κ1) is 17.4. The largest absolute Gasteiger partial charge is 0.468 e. The summed E-state index contributed by atoms with van der Waals surface area (Å²) >= 11 is 0. The van der Waals surface area contributed by atoms with Crippen LogP contribution in [0.4, 0.5) is 0 Å². The SMILES string of the molecule is COC(=O)C(C(=O)OC)C(c1ccccc1)C1COC(C)(C)O1. The van der Waals surface area contributed by atoms with Crippen molar-refractivity contribution in [3.63, 3.8) is 0 Å². The van der Waals surface area contributed by atoms with Gasteiger partial charge in [-0.3, -0.25) is 9.59 Å². The molecule has 0 saturated carbocycles. The minimum atomic E-state index is -1.12. The maximum absolute atomic E-state index is 12.2. The molecule has 1 aliphatic heterocycles. The van der Waals surface area contributed by atoms with E-state index in [1.54, 1.807) is 13.8 Å². The standard InChI is InChI=1S/C17H22O6/c1-17(2)22-10-12(23-17)13(11-8-6-5-7-9-11)14(15(18)20-3)16(19)21-4/h5-9,12-14H,10H2,1-4H3. The van der Waals surface area contributed by atoms with Gasteiger partial charge >= 0.3 is 11.9 Å². The molecule has 2 atom stereocenters. The van der Waals surface area contributed by atoms with Crippen molar-refractivity contribution in [2.45, 2.75) is 31.7 Å². The lowest BCUT2D eigenvalue weighted by atomic mass is 9.81. The predicted octanol–water partition coefficient (Wildman–Crippen LogP) is 1.88. The van der Waals surface area contributed by atoms with E-state index in [0.29, 0.717) is 0 Å². The molecule has 0 amide bonds. The Morgan fingerprint density at radius 3 is 2.13 bits per heavy atom. The van der Waals surface area contributed by atoms with E-state index in [1.807, 2.05) is 30.3 Å². The molecule has 0 spiro atoms. The molecule has 126 valence electrons. The molecule has 23 heavy (non-hydrogen) atoms. The van der Waals surface area contributed by atoms with Gasteiger partial charge < -0.3 is 18.9 Å². The molecular weight excluding hydrogens is 300 g/mol. The van der Waals surface area contributed by atoms with Crippen LogP contribution < -0.4 is 0 Å². The van der Waals surface area contributed by atoms with Crippen molar-refractivity contribution >= 4 is 11.9 Å². The van der Waals surface area contributed by atoms with Crippen LogP contribution >= 0.6 is 0 Å². The Morgan fingerprint density at radius 2 is 1.70 bits per heavy atom. The summed E-state index contributed by atoms with van der Waals surface area (Å²) in [5.74, 6) is -3.75. The van der Waals surface area contributed by atoms with Gasteiger partial charge in [0.25, 0.3) is 0 Å². The van der Waals surface area contributed by atoms with E-state index in [0.717, 1.165) is 5.56 Å². The molecule has 1 fully saturated rings. The second-order valence-electron chi connectivity index (χ2n) is 5.83. The summed E-state index contributed by atoms with van der Waals surface area (Å²) in [6.45, 7) is 3.86. The van der Waals surface area contributed by atoms with Crippen LogP contribution in [-0.2, 0) is 28.5 Å². The highest BCUT2D eigenvalue weighted by molar-refractivity contribution is 5.96. The quantitative estimate of drug-likeness (QED) is 0.609. The topological polar surface area (TPSA) is 71.1 Å². The Balaban J connectivity index is 2.43. The Kier molecular flexibility index (Phi) is 5.38. The molecule has 1 heterocycles. The lowest BCUT2D eigenvalue weighted by Crippen LogP contribution is -2.39. The second kappa shape index (κ2) is 7.10. The van der Waals surface area contributed by atoms with Crippen molar-refractivity contribution in [1.29, 1.82) is 0 Å². The summed E-state index contributed by atoms with van der Waals surface area (Å²) in [6, 6.07) is 9.24. The Labute approximate surface area is 135 Å². The zero-order chi connectivity index (χ0) is 17.0.